The number of aliphatic hydroxyl groups is 1. The molecule has 1 nitrogen and oxygen atoms in total. The van der Waals surface area contributed by atoms with Crippen molar-refractivity contribution in [2.45, 2.75) is 32.6 Å². The second-order valence-corrected chi connectivity index (χ2v) is 3.07. The average Bonchev–Trinajstić information content (AvgIpc) is 2.05. The maximum absolute atomic E-state index is 8.78. The summed E-state index contributed by atoms with van der Waals surface area (Å²) in [5.41, 5.74) is 1.24. The van der Waals surface area contributed by atoms with E-state index in [4.69, 9.17) is 5.11 Å². The first-order valence-corrected chi connectivity index (χ1v) is 4.15. The highest BCUT2D eigenvalue weighted by Crippen LogP contribution is 2.24. The highest BCUT2D eigenvalue weighted by atomic mass is 16.3. The van der Waals surface area contributed by atoms with Gasteiger partial charge in [0.05, 0.1) is 6.61 Å². The Bertz CT molecular complexity index is 127. The van der Waals surface area contributed by atoms with Gasteiger partial charge < -0.3 is 5.11 Å². The van der Waals surface area contributed by atoms with Gasteiger partial charge in [0.15, 0.2) is 0 Å². The monoisotopic (exact) mass is 140 g/mol. The Morgan fingerprint density at radius 3 is 2.90 bits per heavy atom. The van der Waals surface area contributed by atoms with Gasteiger partial charge in [0.1, 0.15) is 0 Å². The van der Waals surface area contributed by atoms with Crippen LogP contribution in [0.25, 0.3) is 0 Å². The highest BCUT2D eigenvalue weighted by molar-refractivity contribution is 5.06. The Balaban J connectivity index is 2.36. The molecule has 0 saturated heterocycles. The van der Waals surface area contributed by atoms with Gasteiger partial charge in [-0.2, -0.15) is 0 Å². The van der Waals surface area contributed by atoms with Crippen LogP contribution in [-0.4, -0.2) is 11.7 Å². The van der Waals surface area contributed by atoms with E-state index < -0.39 is 0 Å². The molecule has 1 atom stereocenters. The van der Waals surface area contributed by atoms with Crippen molar-refractivity contribution in [3.05, 3.63) is 11.6 Å². The van der Waals surface area contributed by atoms with Gasteiger partial charge in [-0.3, -0.25) is 0 Å². The summed E-state index contributed by atoms with van der Waals surface area (Å²) in [5, 5.41) is 8.78. The standard InChI is InChI=1S/C9H16O/c1-2-8-3-5-9(7-10)6-4-8/h5,8,10H,2-4,6-7H2,1H3. The molecular formula is C9H16O. The molecule has 1 heteroatoms. The lowest BCUT2D eigenvalue weighted by Crippen LogP contribution is -2.06. The normalized spacial score (nSPS) is 26.2. The number of rotatable bonds is 2. The van der Waals surface area contributed by atoms with Gasteiger partial charge in [0, 0.05) is 0 Å². The minimum atomic E-state index is 0.274. The number of hydrogen-bond donors (Lipinski definition) is 1. The predicted octanol–water partition coefficient (Wildman–Crippen LogP) is 2.12. The number of hydrogen-bond acceptors (Lipinski definition) is 1. The average molecular weight is 140 g/mol. The van der Waals surface area contributed by atoms with Crippen LogP contribution in [0.4, 0.5) is 0 Å². The molecule has 0 radical (unpaired) electrons. The molecule has 0 aromatic rings. The van der Waals surface area contributed by atoms with E-state index in [1.165, 1.54) is 24.8 Å². The van der Waals surface area contributed by atoms with Crippen molar-refractivity contribution in [3.8, 4) is 0 Å². The smallest absolute Gasteiger partial charge is 0.0641 e. The highest BCUT2D eigenvalue weighted by Gasteiger charge is 2.10. The molecule has 0 aromatic carbocycles. The van der Waals surface area contributed by atoms with Crippen LogP contribution in [0, 0.1) is 5.92 Å². The van der Waals surface area contributed by atoms with E-state index in [0.29, 0.717) is 0 Å². The molecule has 0 aliphatic heterocycles. The minimum absolute atomic E-state index is 0.274. The molecule has 1 aliphatic rings. The third kappa shape index (κ3) is 1.84. The van der Waals surface area contributed by atoms with Gasteiger partial charge >= 0.3 is 0 Å². The Hall–Kier alpha value is -0.300. The maximum Gasteiger partial charge on any atom is 0.0641 e. The third-order valence-electron chi connectivity index (χ3n) is 2.39. The molecular weight excluding hydrogens is 124 g/mol. The third-order valence-corrected chi connectivity index (χ3v) is 2.39. The lowest BCUT2D eigenvalue weighted by atomic mass is 9.88. The van der Waals surface area contributed by atoms with E-state index in [0.717, 1.165) is 12.3 Å². The zero-order chi connectivity index (χ0) is 7.40. The van der Waals surface area contributed by atoms with Crippen molar-refractivity contribution in [1.29, 1.82) is 0 Å². The maximum atomic E-state index is 8.78. The summed E-state index contributed by atoms with van der Waals surface area (Å²) >= 11 is 0. The Morgan fingerprint density at radius 2 is 2.50 bits per heavy atom. The summed E-state index contributed by atoms with van der Waals surface area (Å²) in [5.74, 6) is 0.885. The molecule has 0 spiro atoms. The van der Waals surface area contributed by atoms with E-state index in [9.17, 15) is 0 Å². The van der Waals surface area contributed by atoms with Crippen molar-refractivity contribution in [3.63, 3.8) is 0 Å². The van der Waals surface area contributed by atoms with E-state index in [2.05, 4.69) is 13.0 Å². The molecule has 0 heterocycles. The fourth-order valence-electron chi connectivity index (χ4n) is 1.46. The molecule has 0 fully saturated rings. The van der Waals surface area contributed by atoms with Gasteiger partial charge in [0.25, 0.3) is 0 Å². The fraction of sp³-hybridized carbons (Fsp3) is 0.778. The lowest BCUT2D eigenvalue weighted by molar-refractivity contribution is 0.315. The van der Waals surface area contributed by atoms with Gasteiger partial charge in [-0.05, 0) is 30.8 Å². The lowest BCUT2D eigenvalue weighted by Gasteiger charge is -2.18. The van der Waals surface area contributed by atoms with Crippen molar-refractivity contribution >= 4 is 0 Å². The van der Waals surface area contributed by atoms with Crippen LogP contribution in [0.15, 0.2) is 11.6 Å². The van der Waals surface area contributed by atoms with E-state index in [-0.39, 0.29) is 6.61 Å². The van der Waals surface area contributed by atoms with E-state index >= 15 is 0 Å². The topological polar surface area (TPSA) is 20.2 Å². The first-order valence-electron chi connectivity index (χ1n) is 4.15. The molecule has 58 valence electrons. The fourth-order valence-corrected chi connectivity index (χ4v) is 1.46. The second kappa shape index (κ2) is 3.77. The van der Waals surface area contributed by atoms with Crippen LogP contribution >= 0.6 is 0 Å². The Morgan fingerprint density at radius 1 is 1.70 bits per heavy atom. The van der Waals surface area contributed by atoms with E-state index in [1.807, 2.05) is 0 Å². The first kappa shape index (κ1) is 7.80. The molecule has 1 rings (SSSR count). The zero-order valence-corrected chi connectivity index (χ0v) is 6.64. The van der Waals surface area contributed by atoms with Crippen molar-refractivity contribution in [1.82, 2.24) is 0 Å². The van der Waals surface area contributed by atoms with Crippen LogP contribution < -0.4 is 0 Å². The molecule has 0 amide bonds. The minimum Gasteiger partial charge on any atom is -0.392 e. The number of allylic oxidation sites excluding steroid dienone is 1. The summed E-state index contributed by atoms with van der Waals surface area (Å²) in [6.07, 6.45) is 7.08. The van der Waals surface area contributed by atoms with Crippen molar-refractivity contribution < 1.29 is 5.11 Å². The largest absolute Gasteiger partial charge is 0.392 e. The molecule has 1 aliphatic carbocycles. The Labute approximate surface area is 62.8 Å². The van der Waals surface area contributed by atoms with Gasteiger partial charge in [-0.15, -0.1) is 0 Å². The molecule has 0 saturated carbocycles. The zero-order valence-electron chi connectivity index (χ0n) is 6.64. The first-order chi connectivity index (χ1) is 4.86. The second-order valence-electron chi connectivity index (χ2n) is 3.07. The van der Waals surface area contributed by atoms with Crippen LogP contribution in [0.2, 0.25) is 0 Å². The van der Waals surface area contributed by atoms with Gasteiger partial charge in [-0.25, -0.2) is 0 Å². The SMILES string of the molecule is CCC1CC=C(CO)CC1. The van der Waals surface area contributed by atoms with Crippen LogP contribution in [0.1, 0.15) is 32.6 Å². The molecule has 1 unspecified atom stereocenters. The van der Waals surface area contributed by atoms with Crippen LogP contribution in [0.5, 0.6) is 0 Å². The van der Waals surface area contributed by atoms with Gasteiger partial charge in [0.2, 0.25) is 0 Å². The summed E-state index contributed by atoms with van der Waals surface area (Å²) in [7, 11) is 0. The number of aliphatic hydroxyl groups excluding tert-OH is 1. The van der Waals surface area contributed by atoms with Crippen LogP contribution in [-0.2, 0) is 0 Å². The van der Waals surface area contributed by atoms with Crippen molar-refractivity contribution in [2.75, 3.05) is 6.61 Å². The summed E-state index contributed by atoms with van der Waals surface area (Å²) in [6, 6.07) is 0. The van der Waals surface area contributed by atoms with E-state index in [1.54, 1.807) is 0 Å². The quantitative estimate of drug-likeness (QED) is 0.582. The van der Waals surface area contributed by atoms with Crippen LogP contribution in [0.3, 0.4) is 0 Å². The Kier molecular flexibility index (Phi) is 2.94. The molecule has 1 N–H and O–H groups in total. The summed E-state index contributed by atoms with van der Waals surface area (Å²) in [4.78, 5) is 0. The molecule has 0 aromatic heterocycles. The predicted molar refractivity (Wildman–Crippen MR) is 42.8 cm³/mol. The summed E-state index contributed by atoms with van der Waals surface area (Å²) in [6.45, 7) is 2.51. The molecule has 0 bridgehead atoms. The molecule has 10 heavy (non-hydrogen) atoms. The van der Waals surface area contributed by atoms with Crippen molar-refractivity contribution in [2.24, 2.45) is 5.92 Å². The van der Waals surface area contributed by atoms with Gasteiger partial charge in [-0.1, -0.05) is 19.4 Å². The summed E-state index contributed by atoms with van der Waals surface area (Å²) < 4.78 is 0.